The number of hydrogen-bond donors (Lipinski definition) is 2. The van der Waals surface area contributed by atoms with Crippen molar-refractivity contribution in [1.29, 1.82) is 0 Å². The zero-order chi connectivity index (χ0) is 24.0. The average molecular weight is 462 g/mol. The van der Waals surface area contributed by atoms with Crippen LogP contribution < -0.4 is 14.8 Å². The second-order valence-electron chi connectivity index (χ2n) is 7.72. The maximum atomic E-state index is 12.9. The number of nitrogens with one attached hydrogen (secondary N) is 2. The first kappa shape index (κ1) is 24.4. The Morgan fingerprint density at radius 1 is 1.09 bits per heavy atom. The van der Waals surface area contributed by atoms with Crippen molar-refractivity contribution in [3.8, 4) is 11.5 Å². The smallest absolute Gasteiger partial charge is 0.356 e. The lowest BCUT2D eigenvalue weighted by Gasteiger charge is -2.30. The Kier molecular flexibility index (Phi) is 8.16. The molecule has 0 bridgehead atoms. The van der Waals surface area contributed by atoms with E-state index in [1.165, 1.54) is 14.2 Å². The minimum atomic E-state index is -0.581. The number of aromatic nitrogens is 1. The van der Waals surface area contributed by atoms with Crippen LogP contribution in [0.15, 0.2) is 12.1 Å². The highest BCUT2D eigenvalue weighted by molar-refractivity contribution is 6.11. The first-order chi connectivity index (χ1) is 15.9. The van der Waals surface area contributed by atoms with Crippen LogP contribution >= 0.6 is 0 Å². The second kappa shape index (κ2) is 11.0. The molecule has 2 aromatic rings. The van der Waals surface area contributed by atoms with Gasteiger partial charge in [0, 0.05) is 18.0 Å². The third-order valence-electron chi connectivity index (χ3n) is 5.54. The number of fused-ring (bicyclic) bond motifs is 1. The van der Waals surface area contributed by atoms with E-state index >= 15 is 0 Å². The second-order valence-corrected chi connectivity index (χ2v) is 7.72. The van der Waals surface area contributed by atoms with Crippen molar-refractivity contribution in [1.82, 2.24) is 9.88 Å². The maximum absolute atomic E-state index is 12.9. The molecule has 1 aromatic heterocycles. The van der Waals surface area contributed by atoms with Gasteiger partial charge in [-0.3, -0.25) is 14.5 Å². The number of carbonyl (C=O) groups excluding carboxylic acids is 3. The molecule has 1 aliphatic heterocycles. The van der Waals surface area contributed by atoms with Gasteiger partial charge in [0.15, 0.2) is 11.5 Å². The highest BCUT2D eigenvalue weighted by Crippen LogP contribution is 2.37. The summed E-state index contributed by atoms with van der Waals surface area (Å²) < 4.78 is 21.0. The van der Waals surface area contributed by atoms with E-state index in [0.29, 0.717) is 47.8 Å². The van der Waals surface area contributed by atoms with Crippen LogP contribution in [-0.2, 0) is 19.1 Å². The fourth-order valence-corrected chi connectivity index (χ4v) is 4.04. The summed E-state index contributed by atoms with van der Waals surface area (Å²) in [5.74, 6) is -0.416. The number of amides is 1. The molecule has 1 saturated heterocycles. The van der Waals surface area contributed by atoms with Gasteiger partial charge in [0.25, 0.3) is 0 Å². The lowest BCUT2D eigenvalue weighted by molar-refractivity contribution is -0.150. The molecular formula is C23H31N3O7. The molecular weight excluding hydrogens is 430 g/mol. The molecule has 2 N–H and O–H groups in total. The number of H-pyrrole nitrogens is 1. The van der Waals surface area contributed by atoms with Crippen LogP contribution in [0.3, 0.4) is 0 Å². The monoisotopic (exact) mass is 461 g/mol. The Morgan fingerprint density at radius 2 is 1.79 bits per heavy atom. The predicted octanol–water partition coefficient (Wildman–Crippen LogP) is 2.58. The molecule has 1 atom stereocenters. The van der Waals surface area contributed by atoms with Gasteiger partial charge in [-0.2, -0.15) is 0 Å². The summed E-state index contributed by atoms with van der Waals surface area (Å²) in [6.07, 6.45) is 1.54. The molecule has 33 heavy (non-hydrogen) atoms. The first-order valence-electron chi connectivity index (χ1n) is 11.0. The molecule has 180 valence electrons. The van der Waals surface area contributed by atoms with Crippen LogP contribution in [0.5, 0.6) is 11.5 Å². The number of anilines is 1. The Hall–Kier alpha value is -3.27. The van der Waals surface area contributed by atoms with Gasteiger partial charge in [-0.25, -0.2) is 4.79 Å². The average Bonchev–Trinajstić information content (AvgIpc) is 3.15. The van der Waals surface area contributed by atoms with Gasteiger partial charge in [0.05, 0.1) is 51.1 Å². The molecule has 10 heteroatoms. The minimum Gasteiger partial charge on any atom is -0.493 e. The number of rotatable bonds is 9. The van der Waals surface area contributed by atoms with Gasteiger partial charge in [-0.1, -0.05) is 0 Å². The predicted molar refractivity (Wildman–Crippen MR) is 122 cm³/mol. The number of hydrogen-bond acceptors (Lipinski definition) is 8. The SMILES string of the molecule is CCOC(=O)c1[nH]c2cc(OC)c(OC)cc2c1NC(=O)CN1CCC[C@@H](C(=O)OCC)C1. The standard InChI is InChI=1S/C23H31N3O7/c1-5-32-22(28)14-8-7-9-26(12-14)13-19(27)25-20-15-10-17(30-3)18(31-4)11-16(15)24-21(20)23(29)33-6-2/h10-11,14,24H,5-9,12-13H2,1-4H3,(H,25,27)/t14-/m1/s1. The summed E-state index contributed by atoms with van der Waals surface area (Å²) >= 11 is 0. The van der Waals surface area contributed by atoms with Crippen molar-refractivity contribution < 1.29 is 33.3 Å². The Morgan fingerprint density at radius 3 is 2.45 bits per heavy atom. The van der Waals surface area contributed by atoms with Gasteiger partial charge in [0.1, 0.15) is 5.69 Å². The van der Waals surface area contributed by atoms with Gasteiger partial charge in [-0.15, -0.1) is 0 Å². The van der Waals surface area contributed by atoms with Crippen molar-refractivity contribution in [2.24, 2.45) is 5.92 Å². The largest absolute Gasteiger partial charge is 0.493 e. The van der Waals surface area contributed by atoms with E-state index in [1.54, 1.807) is 26.0 Å². The summed E-state index contributed by atoms with van der Waals surface area (Å²) in [4.78, 5) is 42.5. The highest BCUT2D eigenvalue weighted by Gasteiger charge is 2.29. The van der Waals surface area contributed by atoms with Crippen LogP contribution in [0.25, 0.3) is 10.9 Å². The normalized spacial score (nSPS) is 16.3. The molecule has 10 nitrogen and oxygen atoms in total. The lowest BCUT2D eigenvalue weighted by atomic mass is 9.98. The fraction of sp³-hybridized carbons (Fsp3) is 0.522. The Labute approximate surface area is 192 Å². The van der Waals surface area contributed by atoms with E-state index in [-0.39, 0.29) is 36.6 Å². The number of carbonyl (C=O) groups is 3. The zero-order valence-electron chi connectivity index (χ0n) is 19.5. The number of likely N-dealkylation sites (tertiary alicyclic amines) is 1. The first-order valence-corrected chi connectivity index (χ1v) is 11.0. The molecule has 0 saturated carbocycles. The number of piperidine rings is 1. The van der Waals surface area contributed by atoms with Gasteiger partial charge < -0.3 is 29.2 Å². The molecule has 0 unspecified atom stereocenters. The van der Waals surface area contributed by atoms with Crippen molar-refractivity contribution in [2.45, 2.75) is 26.7 Å². The van der Waals surface area contributed by atoms with Crippen LogP contribution in [0.4, 0.5) is 5.69 Å². The number of benzene rings is 1. The van der Waals surface area contributed by atoms with E-state index in [2.05, 4.69) is 10.3 Å². The Bertz CT molecular complexity index is 1020. The van der Waals surface area contributed by atoms with Crippen LogP contribution in [0.2, 0.25) is 0 Å². The molecule has 1 aromatic carbocycles. The highest BCUT2D eigenvalue weighted by atomic mass is 16.5. The van der Waals surface area contributed by atoms with Crippen LogP contribution in [0, 0.1) is 5.92 Å². The maximum Gasteiger partial charge on any atom is 0.356 e. The number of nitrogens with zero attached hydrogens (tertiary/aromatic N) is 1. The van der Waals surface area contributed by atoms with Gasteiger partial charge in [-0.05, 0) is 39.3 Å². The minimum absolute atomic E-state index is 0.0815. The summed E-state index contributed by atoms with van der Waals surface area (Å²) in [5, 5.41) is 3.44. The fourth-order valence-electron chi connectivity index (χ4n) is 4.04. The molecule has 3 rings (SSSR count). The van der Waals surface area contributed by atoms with Crippen molar-refractivity contribution in [3.63, 3.8) is 0 Å². The van der Waals surface area contributed by atoms with Crippen LogP contribution in [-0.4, -0.2) is 74.8 Å². The zero-order valence-corrected chi connectivity index (χ0v) is 19.5. The summed E-state index contributed by atoms with van der Waals surface area (Å²) in [6, 6.07) is 3.39. The molecule has 0 aliphatic carbocycles. The van der Waals surface area contributed by atoms with E-state index in [9.17, 15) is 14.4 Å². The quantitative estimate of drug-likeness (QED) is 0.547. The van der Waals surface area contributed by atoms with Gasteiger partial charge in [0.2, 0.25) is 5.91 Å². The topological polar surface area (TPSA) is 119 Å². The molecule has 1 aliphatic rings. The summed E-state index contributed by atoms with van der Waals surface area (Å²) in [7, 11) is 3.03. The van der Waals surface area contributed by atoms with Crippen LogP contribution in [0.1, 0.15) is 37.2 Å². The van der Waals surface area contributed by atoms with Gasteiger partial charge >= 0.3 is 11.9 Å². The molecule has 1 fully saturated rings. The van der Waals surface area contributed by atoms with E-state index in [4.69, 9.17) is 18.9 Å². The number of ether oxygens (including phenoxy) is 4. The van der Waals surface area contributed by atoms with Crippen molar-refractivity contribution in [3.05, 3.63) is 17.8 Å². The van der Waals surface area contributed by atoms with E-state index in [1.807, 2.05) is 4.90 Å². The summed E-state index contributed by atoms with van der Waals surface area (Å²) in [5.41, 5.74) is 1.04. The number of methoxy groups -OCH3 is 2. The van der Waals surface area contributed by atoms with Crippen molar-refractivity contribution >= 4 is 34.4 Å². The Balaban J connectivity index is 1.84. The molecule has 2 heterocycles. The summed E-state index contributed by atoms with van der Waals surface area (Å²) in [6.45, 7) is 5.25. The molecule has 0 radical (unpaired) electrons. The molecule has 1 amide bonds. The van der Waals surface area contributed by atoms with E-state index in [0.717, 1.165) is 12.8 Å². The number of esters is 2. The number of aromatic amines is 1. The molecule has 0 spiro atoms. The van der Waals surface area contributed by atoms with Crippen molar-refractivity contribution in [2.75, 3.05) is 52.4 Å². The third-order valence-corrected chi connectivity index (χ3v) is 5.54. The lowest BCUT2D eigenvalue weighted by Crippen LogP contribution is -2.43. The van der Waals surface area contributed by atoms with E-state index < -0.39 is 5.97 Å². The third kappa shape index (κ3) is 5.57.